The van der Waals surface area contributed by atoms with Gasteiger partial charge in [0.2, 0.25) is 0 Å². The van der Waals surface area contributed by atoms with Gasteiger partial charge in [0.1, 0.15) is 0 Å². The van der Waals surface area contributed by atoms with Crippen molar-refractivity contribution in [2.75, 3.05) is 30.3 Å². The van der Waals surface area contributed by atoms with Gasteiger partial charge in [-0.2, -0.15) is 0 Å². The molecule has 4 heteroatoms. The molecule has 1 saturated heterocycles. The van der Waals surface area contributed by atoms with Gasteiger partial charge in [0.15, 0.2) is 0 Å². The summed E-state index contributed by atoms with van der Waals surface area (Å²) in [5.41, 5.74) is 9.83. The molecule has 0 saturated carbocycles. The van der Waals surface area contributed by atoms with Gasteiger partial charge < -0.3 is 15.4 Å². The van der Waals surface area contributed by atoms with Crippen molar-refractivity contribution in [3.8, 4) is 0 Å². The molecule has 106 valence electrons. The maximum Gasteiger partial charge on any atom is 0.0801 e. The smallest absolute Gasteiger partial charge is 0.0801 e. The highest BCUT2D eigenvalue weighted by Crippen LogP contribution is 2.31. The summed E-state index contributed by atoms with van der Waals surface area (Å²) in [6.07, 6.45) is 0. The van der Waals surface area contributed by atoms with Crippen LogP contribution in [0.15, 0.2) is 24.3 Å². The minimum absolute atomic E-state index is 0.123. The topological polar surface area (TPSA) is 51.4 Å². The fourth-order valence-electron chi connectivity index (χ4n) is 2.84. The molecule has 0 amide bonds. The molecule has 0 bridgehead atoms. The van der Waals surface area contributed by atoms with Crippen molar-refractivity contribution in [2.45, 2.75) is 26.4 Å². The Kier molecular flexibility index (Phi) is 3.05. The molecule has 2 heterocycles. The fraction of sp³-hybridized carbons (Fsp3) is 0.438. The summed E-state index contributed by atoms with van der Waals surface area (Å²) in [6, 6.07) is 8.05. The van der Waals surface area contributed by atoms with Crippen LogP contribution < -0.4 is 10.6 Å². The van der Waals surface area contributed by atoms with Crippen molar-refractivity contribution in [3.63, 3.8) is 0 Å². The standard InChI is InChI=1S/C16H21N3O/c1-11-8-15(19-6-7-20-16(2,3)10-19)13-9-12(17)4-5-14(13)18-11/h4-5,8-9H,6-7,10,17H2,1-3H3. The van der Waals surface area contributed by atoms with E-state index in [-0.39, 0.29) is 5.60 Å². The molecular formula is C16H21N3O. The molecule has 2 aromatic rings. The molecule has 4 nitrogen and oxygen atoms in total. The molecule has 2 N–H and O–H groups in total. The Labute approximate surface area is 119 Å². The van der Waals surface area contributed by atoms with E-state index in [4.69, 9.17) is 10.5 Å². The van der Waals surface area contributed by atoms with Crippen molar-refractivity contribution in [1.29, 1.82) is 0 Å². The van der Waals surface area contributed by atoms with E-state index < -0.39 is 0 Å². The van der Waals surface area contributed by atoms with Gasteiger partial charge in [0.25, 0.3) is 0 Å². The minimum atomic E-state index is -0.123. The van der Waals surface area contributed by atoms with Crippen molar-refractivity contribution < 1.29 is 4.74 Å². The van der Waals surface area contributed by atoms with Crippen LogP contribution in [0.4, 0.5) is 11.4 Å². The highest BCUT2D eigenvalue weighted by atomic mass is 16.5. The Hall–Kier alpha value is -1.81. The van der Waals surface area contributed by atoms with E-state index >= 15 is 0 Å². The molecule has 0 atom stereocenters. The number of rotatable bonds is 1. The lowest BCUT2D eigenvalue weighted by atomic mass is 10.0. The molecule has 0 radical (unpaired) electrons. The minimum Gasteiger partial charge on any atom is -0.399 e. The molecule has 1 aromatic heterocycles. The molecular weight excluding hydrogens is 250 g/mol. The van der Waals surface area contributed by atoms with Gasteiger partial charge >= 0.3 is 0 Å². The normalized spacial score (nSPS) is 18.4. The summed E-state index contributed by atoms with van der Waals surface area (Å²) in [4.78, 5) is 6.97. The van der Waals surface area contributed by atoms with Gasteiger partial charge in [-0.3, -0.25) is 4.98 Å². The Balaban J connectivity index is 2.12. The van der Waals surface area contributed by atoms with Crippen LogP contribution in [0.25, 0.3) is 10.9 Å². The number of aryl methyl sites for hydroxylation is 1. The SMILES string of the molecule is Cc1cc(N2CCOC(C)(C)C2)c2cc(N)ccc2n1. The molecule has 20 heavy (non-hydrogen) atoms. The first-order valence-corrected chi connectivity index (χ1v) is 7.00. The molecule has 0 unspecified atom stereocenters. The molecule has 1 aromatic carbocycles. The van der Waals surface area contributed by atoms with E-state index in [2.05, 4.69) is 29.8 Å². The van der Waals surface area contributed by atoms with Crippen molar-refractivity contribution in [2.24, 2.45) is 0 Å². The average molecular weight is 271 g/mol. The number of anilines is 2. The van der Waals surface area contributed by atoms with Gasteiger partial charge in [-0.15, -0.1) is 0 Å². The Morgan fingerprint density at radius 2 is 2.10 bits per heavy atom. The number of pyridine rings is 1. The number of benzene rings is 1. The monoisotopic (exact) mass is 271 g/mol. The lowest BCUT2D eigenvalue weighted by Gasteiger charge is -2.40. The summed E-state index contributed by atoms with van der Waals surface area (Å²) < 4.78 is 5.80. The number of hydrogen-bond donors (Lipinski definition) is 1. The number of ether oxygens (including phenoxy) is 1. The summed E-state index contributed by atoms with van der Waals surface area (Å²) in [6.45, 7) is 8.81. The number of nitrogen functional groups attached to an aromatic ring is 1. The third-order valence-corrected chi connectivity index (χ3v) is 3.71. The Bertz CT molecular complexity index is 651. The molecule has 3 rings (SSSR count). The maximum atomic E-state index is 5.94. The quantitative estimate of drug-likeness (QED) is 0.810. The van der Waals surface area contributed by atoms with Gasteiger partial charge in [0.05, 0.1) is 17.7 Å². The second-order valence-corrected chi connectivity index (χ2v) is 6.09. The van der Waals surface area contributed by atoms with Crippen LogP contribution in [-0.4, -0.2) is 30.3 Å². The van der Waals surface area contributed by atoms with Crippen LogP contribution >= 0.6 is 0 Å². The van der Waals surface area contributed by atoms with Gasteiger partial charge in [0, 0.05) is 35.5 Å². The van der Waals surface area contributed by atoms with Crippen LogP contribution in [0, 0.1) is 6.92 Å². The van der Waals surface area contributed by atoms with E-state index in [1.807, 2.05) is 25.1 Å². The first-order chi connectivity index (χ1) is 9.44. The lowest BCUT2D eigenvalue weighted by molar-refractivity contribution is -0.0276. The second kappa shape index (κ2) is 4.63. The van der Waals surface area contributed by atoms with Crippen molar-refractivity contribution in [3.05, 3.63) is 30.0 Å². The summed E-state index contributed by atoms with van der Waals surface area (Å²) in [7, 11) is 0. The molecule has 0 spiro atoms. The van der Waals surface area contributed by atoms with Crippen LogP contribution in [0.1, 0.15) is 19.5 Å². The number of hydrogen-bond acceptors (Lipinski definition) is 4. The van der Waals surface area contributed by atoms with E-state index in [1.165, 1.54) is 5.69 Å². The molecule has 1 aliphatic rings. The summed E-state index contributed by atoms with van der Waals surface area (Å²) >= 11 is 0. The highest BCUT2D eigenvalue weighted by molar-refractivity contribution is 5.94. The summed E-state index contributed by atoms with van der Waals surface area (Å²) in [5, 5.41) is 1.12. The van der Waals surface area contributed by atoms with Crippen LogP contribution in [0.2, 0.25) is 0 Å². The van der Waals surface area contributed by atoms with Gasteiger partial charge in [-0.1, -0.05) is 0 Å². The fourth-order valence-corrected chi connectivity index (χ4v) is 2.84. The van der Waals surface area contributed by atoms with Crippen molar-refractivity contribution >= 4 is 22.3 Å². The first kappa shape index (κ1) is 13.2. The Morgan fingerprint density at radius 1 is 1.30 bits per heavy atom. The number of nitrogens with two attached hydrogens (primary N) is 1. The number of nitrogens with zero attached hydrogens (tertiary/aromatic N) is 2. The zero-order valence-electron chi connectivity index (χ0n) is 12.3. The first-order valence-electron chi connectivity index (χ1n) is 7.00. The number of morpholine rings is 1. The predicted molar refractivity (Wildman–Crippen MR) is 83.1 cm³/mol. The average Bonchev–Trinajstić information content (AvgIpc) is 2.37. The van der Waals surface area contributed by atoms with Gasteiger partial charge in [-0.05, 0) is 45.0 Å². The maximum absolute atomic E-state index is 5.94. The highest BCUT2D eigenvalue weighted by Gasteiger charge is 2.28. The number of fused-ring (bicyclic) bond motifs is 1. The molecule has 0 aliphatic carbocycles. The molecule has 1 aliphatic heterocycles. The lowest BCUT2D eigenvalue weighted by Crippen LogP contribution is -2.48. The third-order valence-electron chi connectivity index (χ3n) is 3.71. The van der Waals surface area contributed by atoms with E-state index in [0.717, 1.165) is 42.0 Å². The predicted octanol–water partition coefficient (Wildman–Crippen LogP) is 2.74. The van der Waals surface area contributed by atoms with E-state index in [9.17, 15) is 0 Å². The second-order valence-electron chi connectivity index (χ2n) is 6.09. The zero-order chi connectivity index (χ0) is 14.3. The zero-order valence-corrected chi connectivity index (χ0v) is 12.3. The Morgan fingerprint density at radius 3 is 2.85 bits per heavy atom. The third kappa shape index (κ3) is 2.43. The summed E-state index contributed by atoms with van der Waals surface area (Å²) in [5.74, 6) is 0. The van der Waals surface area contributed by atoms with Crippen LogP contribution in [0.5, 0.6) is 0 Å². The van der Waals surface area contributed by atoms with Gasteiger partial charge in [-0.25, -0.2) is 0 Å². The molecule has 1 fully saturated rings. The van der Waals surface area contributed by atoms with Crippen LogP contribution in [-0.2, 0) is 4.74 Å². The van der Waals surface area contributed by atoms with E-state index in [0.29, 0.717) is 0 Å². The van der Waals surface area contributed by atoms with E-state index in [1.54, 1.807) is 0 Å². The number of aromatic nitrogens is 1. The van der Waals surface area contributed by atoms with Crippen molar-refractivity contribution in [1.82, 2.24) is 4.98 Å². The largest absolute Gasteiger partial charge is 0.399 e. The van der Waals surface area contributed by atoms with Crippen LogP contribution in [0.3, 0.4) is 0 Å².